The van der Waals surface area contributed by atoms with Crippen LogP contribution >= 0.6 is 11.6 Å². The summed E-state index contributed by atoms with van der Waals surface area (Å²) in [6, 6.07) is 18.8. The molecular weight excluding hydrogens is 375 g/mol. The van der Waals surface area contributed by atoms with Crippen LogP contribution in [-0.2, 0) is 0 Å². The van der Waals surface area contributed by atoms with Gasteiger partial charge in [0.05, 0.1) is 16.6 Å². The van der Waals surface area contributed by atoms with Crippen LogP contribution in [0.2, 0.25) is 5.02 Å². The number of carbonyl (C=O) groups is 1. The zero-order valence-electron chi connectivity index (χ0n) is 15.5. The number of nitrogens with zero attached hydrogens (tertiary/aromatic N) is 1. The number of rotatable bonds is 5. The lowest BCUT2D eigenvalue weighted by Crippen LogP contribution is -2.37. The van der Waals surface area contributed by atoms with Crippen LogP contribution in [0, 0.1) is 5.82 Å². The quantitative estimate of drug-likeness (QED) is 0.642. The van der Waals surface area contributed by atoms with Gasteiger partial charge in [0.2, 0.25) is 0 Å². The van der Waals surface area contributed by atoms with Crippen molar-refractivity contribution in [3.63, 3.8) is 0 Å². The summed E-state index contributed by atoms with van der Waals surface area (Å²) in [5, 5.41) is 5.40. The fraction of sp³-hybridized carbons (Fsp3) is 0.261. The maximum Gasteiger partial charge on any atom is 0.255 e. The molecule has 1 heterocycles. The third kappa shape index (κ3) is 3.75. The Hall–Kier alpha value is -2.43. The van der Waals surface area contributed by atoms with Crippen molar-refractivity contribution in [2.75, 3.05) is 19.6 Å². The second-order valence-electron chi connectivity index (χ2n) is 7.13. The molecule has 1 atom stereocenters. The van der Waals surface area contributed by atoms with Gasteiger partial charge in [0.25, 0.3) is 5.91 Å². The molecule has 0 aromatic heterocycles. The molecule has 3 nitrogen and oxygen atoms in total. The molecule has 0 unspecified atom stereocenters. The zero-order chi connectivity index (χ0) is 19.5. The van der Waals surface area contributed by atoms with Crippen LogP contribution in [0.15, 0.2) is 60.7 Å². The largest absolute Gasteiger partial charge is 0.350 e. The summed E-state index contributed by atoms with van der Waals surface area (Å²) in [6.07, 6.45) is 2.29. The van der Waals surface area contributed by atoms with Crippen molar-refractivity contribution in [3.8, 4) is 0 Å². The van der Waals surface area contributed by atoms with Crippen LogP contribution in [0.1, 0.15) is 34.8 Å². The summed E-state index contributed by atoms with van der Waals surface area (Å²) in [5.74, 6) is -1.08. The van der Waals surface area contributed by atoms with Crippen molar-refractivity contribution in [1.82, 2.24) is 10.2 Å². The molecule has 1 aliphatic heterocycles. The first kappa shape index (κ1) is 18.9. The first-order chi connectivity index (χ1) is 13.6. The lowest BCUT2D eigenvalue weighted by atomic mass is 9.97. The van der Waals surface area contributed by atoms with Crippen molar-refractivity contribution in [2.45, 2.75) is 18.9 Å². The zero-order valence-corrected chi connectivity index (χ0v) is 16.3. The molecular formula is C23H22ClFN2O. The Morgan fingerprint density at radius 1 is 1.04 bits per heavy atom. The number of carbonyl (C=O) groups excluding carboxylic acids is 1. The molecule has 144 valence electrons. The number of hydrogen-bond acceptors (Lipinski definition) is 2. The van der Waals surface area contributed by atoms with E-state index in [1.807, 2.05) is 12.1 Å². The summed E-state index contributed by atoms with van der Waals surface area (Å²) >= 11 is 6.05. The monoisotopic (exact) mass is 396 g/mol. The molecule has 0 bridgehead atoms. The standard InChI is InChI=1S/C23H22ClFN2O/c24-19-11-6-12-20(25)22(19)23(28)26-15-21(27-13-3-4-14-27)18-10-5-8-16-7-1-2-9-17(16)18/h1-2,5-12,21H,3-4,13-15H2,(H,26,28)/t21-/m0/s1. The summed E-state index contributed by atoms with van der Waals surface area (Å²) in [5.41, 5.74) is 1.09. The van der Waals surface area contributed by atoms with E-state index < -0.39 is 11.7 Å². The molecule has 0 radical (unpaired) electrons. The minimum atomic E-state index is -0.604. The van der Waals surface area contributed by atoms with Crippen molar-refractivity contribution in [1.29, 1.82) is 0 Å². The first-order valence-corrected chi connectivity index (χ1v) is 9.97. The van der Waals surface area contributed by atoms with Crippen LogP contribution in [0.3, 0.4) is 0 Å². The highest BCUT2D eigenvalue weighted by Gasteiger charge is 2.26. The van der Waals surface area contributed by atoms with Gasteiger partial charge in [-0.3, -0.25) is 9.69 Å². The Morgan fingerprint density at radius 3 is 2.54 bits per heavy atom. The second-order valence-corrected chi connectivity index (χ2v) is 7.54. The highest BCUT2D eigenvalue weighted by atomic mass is 35.5. The van der Waals surface area contributed by atoms with E-state index in [9.17, 15) is 9.18 Å². The van der Waals surface area contributed by atoms with Crippen molar-refractivity contribution >= 4 is 28.3 Å². The Labute approximate surface area is 169 Å². The van der Waals surface area contributed by atoms with E-state index in [2.05, 4.69) is 40.5 Å². The molecule has 3 aromatic carbocycles. The smallest absolute Gasteiger partial charge is 0.255 e. The molecule has 1 aliphatic rings. The molecule has 4 rings (SSSR count). The van der Waals surface area contributed by atoms with Crippen LogP contribution in [0.4, 0.5) is 4.39 Å². The lowest BCUT2D eigenvalue weighted by molar-refractivity contribution is 0.0934. The van der Waals surface area contributed by atoms with Gasteiger partial charge in [-0.15, -0.1) is 0 Å². The minimum Gasteiger partial charge on any atom is -0.350 e. The van der Waals surface area contributed by atoms with Gasteiger partial charge in [-0.05, 0) is 54.4 Å². The van der Waals surface area contributed by atoms with E-state index in [1.54, 1.807) is 0 Å². The fourth-order valence-electron chi connectivity index (χ4n) is 4.02. The normalized spacial score (nSPS) is 15.6. The number of fused-ring (bicyclic) bond motifs is 1. The lowest BCUT2D eigenvalue weighted by Gasteiger charge is -2.29. The summed E-state index contributed by atoms with van der Waals surface area (Å²) in [6.45, 7) is 2.38. The number of nitrogens with one attached hydrogen (secondary N) is 1. The Morgan fingerprint density at radius 2 is 1.75 bits per heavy atom. The second kappa shape index (κ2) is 8.29. The van der Waals surface area contributed by atoms with Gasteiger partial charge in [0.1, 0.15) is 5.82 Å². The highest BCUT2D eigenvalue weighted by molar-refractivity contribution is 6.33. The first-order valence-electron chi connectivity index (χ1n) is 9.59. The summed E-state index contributed by atoms with van der Waals surface area (Å²) in [7, 11) is 0. The van der Waals surface area contributed by atoms with Crippen molar-refractivity contribution in [3.05, 3.63) is 82.6 Å². The van der Waals surface area contributed by atoms with E-state index in [4.69, 9.17) is 11.6 Å². The maximum atomic E-state index is 14.1. The average Bonchev–Trinajstić information content (AvgIpc) is 3.23. The van der Waals surface area contributed by atoms with Gasteiger partial charge in [-0.1, -0.05) is 60.1 Å². The van der Waals surface area contributed by atoms with Gasteiger partial charge in [-0.25, -0.2) is 4.39 Å². The van der Waals surface area contributed by atoms with Crippen LogP contribution in [-0.4, -0.2) is 30.4 Å². The summed E-state index contributed by atoms with van der Waals surface area (Å²) in [4.78, 5) is 15.0. The van der Waals surface area contributed by atoms with Gasteiger partial charge < -0.3 is 5.32 Å². The minimum absolute atomic E-state index is 0.0306. The third-order valence-electron chi connectivity index (χ3n) is 5.41. The molecule has 0 aliphatic carbocycles. The van der Waals surface area contributed by atoms with E-state index >= 15 is 0 Å². The van der Waals surface area contributed by atoms with E-state index in [1.165, 1.54) is 34.5 Å². The fourth-order valence-corrected chi connectivity index (χ4v) is 4.27. The number of likely N-dealkylation sites (tertiary alicyclic amines) is 1. The molecule has 1 N–H and O–H groups in total. The Kier molecular flexibility index (Phi) is 5.60. The number of amides is 1. The van der Waals surface area contributed by atoms with Crippen LogP contribution < -0.4 is 5.32 Å². The van der Waals surface area contributed by atoms with Gasteiger partial charge >= 0.3 is 0 Å². The Bertz CT molecular complexity index is 975. The topological polar surface area (TPSA) is 32.3 Å². The average molecular weight is 397 g/mol. The van der Waals surface area contributed by atoms with Gasteiger partial charge in [-0.2, -0.15) is 0 Å². The maximum absolute atomic E-state index is 14.1. The van der Waals surface area contributed by atoms with Crippen molar-refractivity contribution in [2.24, 2.45) is 0 Å². The van der Waals surface area contributed by atoms with Crippen LogP contribution in [0.5, 0.6) is 0 Å². The predicted octanol–water partition coefficient (Wildman–Crippen LogP) is 5.20. The Balaban J connectivity index is 1.63. The molecule has 1 saturated heterocycles. The number of hydrogen-bond donors (Lipinski definition) is 1. The molecule has 5 heteroatoms. The summed E-state index contributed by atoms with van der Waals surface area (Å²) < 4.78 is 14.1. The molecule has 0 saturated carbocycles. The van der Waals surface area contributed by atoms with E-state index in [-0.39, 0.29) is 16.6 Å². The molecule has 1 amide bonds. The number of halogens is 2. The molecule has 0 spiro atoms. The molecule has 28 heavy (non-hydrogen) atoms. The number of benzene rings is 3. The molecule has 3 aromatic rings. The van der Waals surface area contributed by atoms with E-state index in [0.717, 1.165) is 25.9 Å². The predicted molar refractivity (Wildman–Crippen MR) is 111 cm³/mol. The van der Waals surface area contributed by atoms with Crippen molar-refractivity contribution < 1.29 is 9.18 Å². The van der Waals surface area contributed by atoms with Gasteiger partial charge in [0.15, 0.2) is 0 Å². The third-order valence-corrected chi connectivity index (χ3v) is 5.72. The van der Waals surface area contributed by atoms with Gasteiger partial charge in [0, 0.05) is 6.54 Å². The highest BCUT2D eigenvalue weighted by Crippen LogP contribution is 2.30. The molecule has 1 fully saturated rings. The van der Waals surface area contributed by atoms with Crippen LogP contribution in [0.25, 0.3) is 10.8 Å². The SMILES string of the molecule is O=C(NC[C@@H](c1cccc2ccccc12)N1CCCC1)c1c(F)cccc1Cl. The van der Waals surface area contributed by atoms with E-state index in [0.29, 0.717) is 6.54 Å².